The molecule has 0 unspecified atom stereocenters. The van der Waals surface area contributed by atoms with Crippen molar-refractivity contribution >= 4 is 20.3 Å². The van der Waals surface area contributed by atoms with E-state index in [-0.39, 0.29) is 28.8 Å². The van der Waals surface area contributed by atoms with E-state index in [1.165, 1.54) is 4.90 Å². The van der Waals surface area contributed by atoms with E-state index in [9.17, 15) is 9.59 Å². The predicted molar refractivity (Wildman–Crippen MR) is 96.2 cm³/mol. The van der Waals surface area contributed by atoms with Crippen LogP contribution in [-0.2, 0) is 14.0 Å². The highest BCUT2D eigenvalue weighted by Gasteiger charge is 2.56. The van der Waals surface area contributed by atoms with Crippen molar-refractivity contribution in [3.05, 3.63) is 0 Å². The van der Waals surface area contributed by atoms with Gasteiger partial charge in [0.2, 0.25) is 5.91 Å². The summed E-state index contributed by atoms with van der Waals surface area (Å²) < 4.78 is 11.8. The van der Waals surface area contributed by atoms with Crippen molar-refractivity contribution in [3.8, 4) is 0 Å². The maximum Gasteiger partial charge on any atom is 0.417 e. The summed E-state index contributed by atoms with van der Waals surface area (Å²) in [5.41, 5.74) is -0.607. The van der Waals surface area contributed by atoms with Gasteiger partial charge in [-0.1, -0.05) is 20.8 Å². The third-order valence-electron chi connectivity index (χ3n) is 5.72. The fourth-order valence-electron chi connectivity index (χ4n) is 3.07. The SMILES string of the molecule is CC(C)(C)OC(=O)N1C(=O)[C@@H]2CC[C@@H]2[C@H]1CO[Si](C)(C)C(C)(C)C. The van der Waals surface area contributed by atoms with Crippen LogP contribution >= 0.6 is 0 Å². The van der Waals surface area contributed by atoms with Crippen molar-refractivity contribution in [3.63, 3.8) is 0 Å². The van der Waals surface area contributed by atoms with Crippen LogP contribution in [0.4, 0.5) is 4.79 Å². The van der Waals surface area contributed by atoms with Gasteiger partial charge in [-0.15, -0.1) is 0 Å². The third kappa shape index (κ3) is 3.69. The number of rotatable bonds is 3. The molecule has 2 amide bonds. The Hall–Kier alpha value is -0.883. The molecule has 138 valence electrons. The second kappa shape index (κ2) is 6.13. The molecule has 0 radical (unpaired) electrons. The highest BCUT2D eigenvalue weighted by molar-refractivity contribution is 6.74. The van der Waals surface area contributed by atoms with Gasteiger partial charge in [0.05, 0.1) is 12.6 Å². The number of amides is 2. The van der Waals surface area contributed by atoms with Gasteiger partial charge in [-0.05, 0) is 57.7 Å². The van der Waals surface area contributed by atoms with Crippen molar-refractivity contribution in [1.29, 1.82) is 0 Å². The quantitative estimate of drug-likeness (QED) is 0.713. The van der Waals surface area contributed by atoms with E-state index in [1.54, 1.807) is 0 Å². The molecule has 2 fully saturated rings. The monoisotopic (exact) mass is 355 g/mol. The van der Waals surface area contributed by atoms with E-state index < -0.39 is 20.0 Å². The summed E-state index contributed by atoms with van der Waals surface area (Å²) in [5, 5.41) is 0.103. The minimum Gasteiger partial charge on any atom is -0.443 e. The molecule has 24 heavy (non-hydrogen) atoms. The van der Waals surface area contributed by atoms with E-state index in [4.69, 9.17) is 9.16 Å². The van der Waals surface area contributed by atoms with Crippen molar-refractivity contribution in [2.24, 2.45) is 11.8 Å². The van der Waals surface area contributed by atoms with Crippen molar-refractivity contribution in [2.45, 2.75) is 84.2 Å². The van der Waals surface area contributed by atoms with Gasteiger partial charge in [0, 0.05) is 5.92 Å². The van der Waals surface area contributed by atoms with Gasteiger partial charge in [0.1, 0.15) is 5.60 Å². The lowest BCUT2D eigenvalue weighted by Crippen LogP contribution is -2.49. The Morgan fingerprint density at radius 1 is 1.17 bits per heavy atom. The van der Waals surface area contributed by atoms with Gasteiger partial charge in [-0.2, -0.15) is 0 Å². The number of imide groups is 1. The van der Waals surface area contributed by atoms with Crippen molar-refractivity contribution in [1.82, 2.24) is 4.90 Å². The molecule has 1 saturated heterocycles. The van der Waals surface area contributed by atoms with Crippen LogP contribution in [0.15, 0.2) is 0 Å². The normalized spacial score (nSPS) is 27.8. The van der Waals surface area contributed by atoms with Crippen LogP contribution in [0.1, 0.15) is 54.4 Å². The molecule has 1 saturated carbocycles. The van der Waals surface area contributed by atoms with Gasteiger partial charge in [0.15, 0.2) is 8.32 Å². The molecule has 1 aliphatic heterocycles. The Balaban J connectivity index is 2.13. The van der Waals surface area contributed by atoms with Gasteiger partial charge < -0.3 is 9.16 Å². The van der Waals surface area contributed by atoms with Gasteiger partial charge in [-0.25, -0.2) is 9.69 Å². The van der Waals surface area contributed by atoms with Crippen molar-refractivity contribution in [2.75, 3.05) is 6.61 Å². The Labute approximate surface area is 147 Å². The van der Waals surface area contributed by atoms with E-state index in [0.29, 0.717) is 6.61 Å². The van der Waals surface area contributed by atoms with Crippen LogP contribution in [0.2, 0.25) is 18.1 Å². The molecule has 2 rings (SSSR count). The molecule has 1 aliphatic carbocycles. The zero-order valence-electron chi connectivity index (χ0n) is 16.4. The number of hydrogen-bond donors (Lipinski definition) is 0. The number of carbonyl (C=O) groups excluding carboxylic acids is 2. The number of hydrogen-bond acceptors (Lipinski definition) is 4. The van der Waals surface area contributed by atoms with Crippen LogP contribution in [0.25, 0.3) is 0 Å². The van der Waals surface area contributed by atoms with Gasteiger partial charge in [0.25, 0.3) is 0 Å². The first-order valence-corrected chi connectivity index (χ1v) is 11.9. The topological polar surface area (TPSA) is 55.8 Å². The van der Waals surface area contributed by atoms with Gasteiger partial charge in [-0.3, -0.25) is 4.79 Å². The maximum absolute atomic E-state index is 12.6. The lowest BCUT2D eigenvalue weighted by Gasteiger charge is -2.39. The Kier molecular flexibility index (Phi) is 4.96. The molecule has 0 aromatic rings. The fourth-order valence-corrected chi connectivity index (χ4v) is 4.09. The molecule has 0 aromatic carbocycles. The van der Waals surface area contributed by atoms with Crippen LogP contribution < -0.4 is 0 Å². The average Bonchev–Trinajstić information content (AvgIpc) is 2.48. The molecule has 0 bridgehead atoms. The van der Waals surface area contributed by atoms with E-state index in [0.717, 1.165) is 12.8 Å². The number of fused-ring (bicyclic) bond motifs is 1. The molecule has 5 nitrogen and oxygen atoms in total. The second-order valence-corrected chi connectivity index (χ2v) is 14.5. The molecule has 0 spiro atoms. The second-order valence-electron chi connectivity index (χ2n) is 9.67. The first-order chi connectivity index (χ1) is 10.7. The smallest absolute Gasteiger partial charge is 0.417 e. The molecule has 1 heterocycles. The number of nitrogens with zero attached hydrogens (tertiary/aromatic N) is 1. The number of likely N-dealkylation sites (tertiary alicyclic amines) is 1. The standard InChI is InChI=1S/C18H33NO4Si/c1-17(2,3)23-16(21)19-14(12-9-10-13(12)15(19)20)11-22-24(7,8)18(4,5)6/h12-14H,9-11H2,1-8H3/t12-,13+,14+/m0/s1. The fraction of sp³-hybridized carbons (Fsp3) is 0.889. The zero-order valence-corrected chi connectivity index (χ0v) is 17.4. The summed E-state index contributed by atoms with van der Waals surface area (Å²) in [6, 6.07) is -0.180. The molecule has 0 aromatic heterocycles. The highest BCUT2D eigenvalue weighted by atomic mass is 28.4. The van der Waals surface area contributed by atoms with Crippen LogP contribution in [0.5, 0.6) is 0 Å². The zero-order chi connectivity index (χ0) is 18.5. The minimum atomic E-state index is -1.92. The number of carbonyl (C=O) groups is 2. The maximum atomic E-state index is 12.6. The van der Waals surface area contributed by atoms with Crippen LogP contribution in [0.3, 0.4) is 0 Å². The van der Waals surface area contributed by atoms with Gasteiger partial charge >= 0.3 is 6.09 Å². The minimum absolute atomic E-state index is 0.0227. The lowest BCUT2D eigenvalue weighted by atomic mass is 9.73. The van der Waals surface area contributed by atoms with Crippen LogP contribution in [0, 0.1) is 11.8 Å². The molecular formula is C18H33NO4Si. The molecule has 2 aliphatic rings. The molecule has 0 N–H and O–H groups in total. The van der Waals surface area contributed by atoms with E-state index >= 15 is 0 Å². The lowest BCUT2D eigenvalue weighted by molar-refractivity contribution is -0.132. The summed E-state index contributed by atoms with van der Waals surface area (Å²) in [4.78, 5) is 26.5. The third-order valence-corrected chi connectivity index (χ3v) is 10.2. The first-order valence-electron chi connectivity index (χ1n) is 8.94. The van der Waals surface area contributed by atoms with E-state index in [1.807, 2.05) is 20.8 Å². The Bertz CT molecular complexity index is 518. The first kappa shape index (κ1) is 19.4. The highest BCUT2D eigenvalue weighted by Crippen LogP contribution is 2.47. The van der Waals surface area contributed by atoms with Crippen molar-refractivity contribution < 1.29 is 18.8 Å². The average molecular weight is 356 g/mol. The Morgan fingerprint density at radius 3 is 2.17 bits per heavy atom. The summed E-state index contributed by atoms with van der Waals surface area (Å²) in [6.07, 6.45) is 1.34. The summed E-state index contributed by atoms with van der Waals surface area (Å²) in [7, 11) is -1.92. The van der Waals surface area contributed by atoms with Crippen LogP contribution in [-0.4, -0.2) is 43.5 Å². The van der Waals surface area contributed by atoms with E-state index in [2.05, 4.69) is 33.9 Å². The largest absolute Gasteiger partial charge is 0.443 e. The summed E-state index contributed by atoms with van der Waals surface area (Å²) in [6.45, 7) is 16.9. The Morgan fingerprint density at radius 2 is 1.75 bits per heavy atom. The summed E-state index contributed by atoms with van der Waals surface area (Å²) in [5.74, 6) is 0.129. The molecular weight excluding hydrogens is 322 g/mol. The predicted octanol–water partition coefficient (Wildman–Crippen LogP) is 4.18. The summed E-state index contributed by atoms with van der Waals surface area (Å²) >= 11 is 0. The number of ether oxygens (including phenoxy) is 1. The molecule has 6 heteroatoms. The molecule has 3 atom stereocenters.